The van der Waals surface area contributed by atoms with Gasteiger partial charge in [-0.2, -0.15) is 5.26 Å². The highest BCUT2D eigenvalue weighted by Crippen LogP contribution is 2.39. The minimum atomic E-state index is -4.22. The fourth-order valence-corrected chi connectivity index (χ4v) is 5.80. The van der Waals surface area contributed by atoms with Gasteiger partial charge >= 0.3 is 0 Å². The van der Waals surface area contributed by atoms with Crippen molar-refractivity contribution in [3.05, 3.63) is 82.9 Å². The molecule has 0 aliphatic heterocycles. The van der Waals surface area contributed by atoms with Gasteiger partial charge in [-0.3, -0.25) is 4.21 Å². The van der Waals surface area contributed by atoms with Crippen LogP contribution in [0.2, 0.25) is 0 Å². The Kier molecular flexibility index (Phi) is 5.72. The van der Waals surface area contributed by atoms with E-state index < -0.39 is 37.2 Å². The van der Waals surface area contributed by atoms with Gasteiger partial charge < -0.3 is 4.74 Å². The lowest BCUT2D eigenvalue weighted by Gasteiger charge is -2.30. The largest absolute Gasteiger partial charge is 0.457 e. The van der Waals surface area contributed by atoms with Crippen molar-refractivity contribution in [2.24, 2.45) is 0 Å². The molecule has 170 valence electrons. The van der Waals surface area contributed by atoms with Gasteiger partial charge in [-0.25, -0.2) is 21.2 Å². The van der Waals surface area contributed by atoms with E-state index in [-0.39, 0.29) is 22.6 Å². The highest BCUT2D eigenvalue weighted by molar-refractivity contribution is 7.91. The first-order chi connectivity index (χ1) is 15.6. The van der Waals surface area contributed by atoms with Gasteiger partial charge in [0.05, 0.1) is 11.1 Å². The summed E-state index contributed by atoms with van der Waals surface area (Å²) in [6.07, 6.45) is 5.09. The fourth-order valence-electron chi connectivity index (χ4n) is 3.53. The maximum absolute atomic E-state index is 15.0. The lowest BCUT2D eigenvalue weighted by Crippen LogP contribution is -2.41. The molecule has 0 spiro atoms. The van der Waals surface area contributed by atoms with Gasteiger partial charge in [-0.05, 0) is 55.8 Å². The summed E-state index contributed by atoms with van der Waals surface area (Å²) in [6, 6.07) is 11.7. The molecule has 3 aromatic rings. The number of aromatic nitrogens is 1. The lowest BCUT2D eigenvalue weighted by molar-refractivity contribution is 0.476. The Labute approximate surface area is 191 Å². The van der Waals surface area contributed by atoms with Crippen LogP contribution in [-0.4, -0.2) is 27.6 Å². The van der Waals surface area contributed by atoms with Crippen LogP contribution in [0.1, 0.15) is 18.9 Å². The number of hydrogen-bond acceptors (Lipinski definition) is 5. The first-order valence-electron chi connectivity index (χ1n) is 9.72. The molecular formula is C23H18F2N2O4S2. The summed E-state index contributed by atoms with van der Waals surface area (Å²) in [6.45, 7) is 1.30. The van der Waals surface area contributed by atoms with Crippen LogP contribution in [0.5, 0.6) is 11.5 Å². The zero-order valence-electron chi connectivity index (χ0n) is 17.6. The maximum Gasteiger partial charge on any atom is 0.251 e. The third kappa shape index (κ3) is 3.87. The second-order valence-electron chi connectivity index (χ2n) is 7.68. The second kappa shape index (κ2) is 8.24. The Balaban J connectivity index is 1.69. The van der Waals surface area contributed by atoms with E-state index in [0.29, 0.717) is 16.7 Å². The highest BCUT2D eigenvalue weighted by atomic mass is 32.2. The van der Waals surface area contributed by atoms with Crippen molar-refractivity contribution in [2.75, 3.05) is 6.26 Å². The van der Waals surface area contributed by atoms with Gasteiger partial charge in [0.1, 0.15) is 34.0 Å². The quantitative estimate of drug-likeness (QED) is 0.510. The van der Waals surface area contributed by atoms with Gasteiger partial charge in [0.2, 0.25) is 0 Å². The highest BCUT2D eigenvalue weighted by Gasteiger charge is 2.46. The van der Waals surface area contributed by atoms with Gasteiger partial charge in [-0.1, -0.05) is 6.08 Å². The smallest absolute Gasteiger partial charge is 0.251 e. The second-order valence-corrected chi connectivity index (χ2v) is 11.3. The van der Waals surface area contributed by atoms with Crippen LogP contribution in [0.25, 0.3) is 10.9 Å². The van der Waals surface area contributed by atoms with Crippen LogP contribution < -0.4 is 4.74 Å². The fraction of sp³-hybridized carbons (Fsp3) is 0.174. The van der Waals surface area contributed by atoms with E-state index >= 15 is 0 Å². The minimum absolute atomic E-state index is 0.154. The molecule has 4 rings (SSSR count). The summed E-state index contributed by atoms with van der Waals surface area (Å²) in [4.78, 5) is 0.250. The number of hydrogen-bond donors (Lipinski definition) is 0. The molecule has 2 unspecified atom stereocenters. The number of allylic oxidation sites excluding steroid dienone is 2. The molecule has 0 amide bonds. The molecule has 0 radical (unpaired) electrons. The average Bonchev–Trinajstić information content (AvgIpc) is 3.20. The number of rotatable bonds is 5. The van der Waals surface area contributed by atoms with Crippen LogP contribution in [0.15, 0.2) is 71.5 Å². The van der Waals surface area contributed by atoms with Crippen molar-refractivity contribution in [3.63, 3.8) is 0 Å². The lowest BCUT2D eigenvalue weighted by atomic mass is 10.0. The van der Waals surface area contributed by atoms with Crippen LogP contribution in [0, 0.1) is 17.1 Å². The number of ether oxygens (including phenoxy) is 1. The molecule has 1 aromatic heterocycles. The standard InChI is InChI=1S/C23H18F2N2O4S2/c1-23(9-7-19(32(2)28)13-22(23)25)33(29,30)27-10-8-15-11-18(4-6-21(15)27)31-17-3-5-20(24)16(12-17)14-26/h3-8,10-13H,9H2,1-2H3. The van der Waals surface area contributed by atoms with E-state index in [4.69, 9.17) is 10.00 Å². The number of fused-ring (bicyclic) bond motifs is 1. The van der Waals surface area contributed by atoms with Crippen LogP contribution in [0.3, 0.4) is 0 Å². The molecule has 2 atom stereocenters. The Morgan fingerprint density at radius 1 is 1.15 bits per heavy atom. The predicted octanol–water partition coefficient (Wildman–Crippen LogP) is 4.90. The van der Waals surface area contributed by atoms with Crippen molar-refractivity contribution >= 4 is 31.7 Å². The summed E-state index contributed by atoms with van der Waals surface area (Å²) >= 11 is 0. The Morgan fingerprint density at radius 2 is 1.85 bits per heavy atom. The minimum Gasteiger partial charge on any atom is -0.457 e. The van der Waals surface area contributed by atoms with Crippen LogP contribution >= 0.6 is 0 Å². The predicted molar refractivity (Wildman–Crippen MR) is 122 cm³/mol. The number of halogens is 2. The first kappa shape index (κ1) is 22.9. The molecule has 1 aliphatic rings. The molecule has 10 heteroatoms. The molecule has 0 saturated carbocycles. The molecule has 2 aromatic carbocycles. The zero-order chi connectivity index (χ0) is 24.0. The zero-order valence-corrected chi connectivity index (χ0v) is 19.2. The molecule has 6 nitrogen and oxygen atoms in total. The SMILES string of the molecule is CS(=O)C1=CCC(C)(S(=O)(=O)n2ccc3cc(Oc4ccc(F)c(C#N)c4)ccc32)C(F)=C1. The topological polar surface area (TPSA) is 89.2 Å². The molecule has 0 saturated heterocycles. The normalized spacial score (nSPS) is 19.5. The van der Waals surface area contributed by atoms with E-state index in [1.165, 1.54) is 49.7 Å². The molecular weight excluding hydrogens is 470 g/mol. The first-order valence-corrected chi connectivity index (χ1v) is 12.7. The summed E-state index contributed by atoms with van der Waals surface area (Å²) in [7, 11) is -5.64. The Bertz CT molecular complexity index is 1520. The van der Waals surface area contributed by atoms with Crippen LogP contribution in [-0.2, 0) is 20.8 Å². The van der Waals surface area contributed by atoms with Gasteiger partial charge in [0, 0.05) is 39.6 Å². The monoisotopic (exact) mass is 488 g/mol. The summed E-state index contributed by atoms with van der Waals surface area (Å²) in [5, 5.41) is 9.49. The van der Waals surface area contributed by atoms with E-state index in [9.17, 15) is 21.4 Å². The Morgan fingerprint density at radius 3 is 2.52 bits per heavy atom. The van der Waals surface area contributed by atoms with Gasteiger partial charge in [-0.15, -0.1) is 0 Å². The summed E-state index contributed by atoms with van der Waals surface area (Å²) < 4.78 is 71.8. The third-order valence-corrected chi connectivity index (χ3v) is 8.83. The van der Waals surface area contributed by atoms with Crippen molar-refractivity contribution in [1.82, 2.24) is 3.97 Å². The van der Waals surface area contributed by atoms with Crippen molar-refractivity contribution in [3.8, 4) is 17.6 Å². The molecule has 0 bridgehead atoms. The molecule has 0 N–H and O–H groups in total. The molecule has 33 heavy (non-hydrogen) atoms. The van der Waals surface area contributed by atoms with E-state index in [1.807, 2.05) is 0 Å². The van der Waals surface area contributed by atoms with Crippen molar-refractivity contribution in [2.45, 2.75) is 18.1 Å². The number of nitrogens with zero attached hydrogens (tertiary/aromatic N) is 2. The van der Waals surface area contributed by atoms with E-state index in [1.54, 1.807) is 18.2 Å². The third-order valence-electron chi connectivity index (χ3n) is 5.55. The van der Waals surface area contributed by atoms with E-state index in [0.717, 1.165) is 16.1 Å². The van der Waals surface area contributed by atoms with Gasteiger partial charge in [0.25, 0.3) is 10.0 Å². The Hall–Kier alpha value is -3.29. The summed E-state index contributed by atoms with van der Waals surface area (Å²) in [5.74, 6) is -0.938. The summed E-state index contributed by atoms with van der Waals surface area (Å²) in [5.41, 5.74) is 0.160. The van der Waals surface area contributed by atoms with Gasteiger partial charge in [0.15, 0.2) is 0 Å². The molecule has 1 heterocycles. The average molecular weight is 489 g/mol. The van der Waals surface area contributed by atoms with Crippen LogP contribution in [0.4, 0.5) is 8.78 Å². The maximum atomic E-state index is 15.0. The van der Waals surface area contributed by atoms with Crippen molar-refractivity contribution in [1.29, 1.82) is 5.26 Å². The van der Waals surface area contributed by atoms with E-state index in [2.05, 4.69) is 0 Å². The molecule has 0 fully saturated rings. The van der Waals surface area contributed by atoms with Crippen molar-refractivity contribution < 1.29 is 26.1 Å². The number of benzene rings is 2. The number of nitriles is 1. The molecule has 1 aliphatic carbocycles.